The molecule has 1 fully saturated rings. The number of carbonyl (C=O) groups excluding carboxylic acids is 1. The Bertz CT molecular complexity index is 641. The van der Waals surface area contributed by atoms with Crippen molar-refractivity contribution >= 4 is 21.8 Å². The Balaban J connectivity index is 2.49. The molecule has 2 nitrogen and oxygen atoms in total. The van der Waals surface area contributed by atoms with E-state index in [1.54, 1.807) is 0 Å². The Morgan fingerprint density at radius 3 is 2.29 bits per heavy atom. The Morgan fingerprint density at radius 2 is 1.75 bits per heavy atom. The summed E-state index contributed by atoms with van der Waals surface area (Å²) in [6.45, 7) is -0.300. The van der Waals surface area contributed by atoms with Crippen LogP contribution < -0.4 is 0 Å². The van der Waals surface area contributed by atoms with Gasteiger partial charge < -0.3 is 4.90 Å². The summed E-state index contributed by atoms with van der Waals surface area (Å²) in [5.74, 6) is -3.29. The lowest BCUT2D eigenvalue weighted by atomic mass is 9.99. The number of nitrogens with zero attached hydrogens (tertiary/aromatic N) is 1. The smallest absolute Gasteiger partial charge is 0.326 e. The molecule has 1 saturated heterocycles. The predicted molar refractivity (Wildman–Crippen MR) is 73.8 cm³/mol. The molecule has 1 aromatic rings. The molecule has 0 aromatic heterocycles. The van der Waals surface area contributed by atoms with Crippen LogP contribution in [0.4, 0.5) is 30.7 Å². The molecule has 1 heterocycles. The van der Waals surface area contributed by atoms with Crippen molar-refractivity contribution in [3.8, 4) is 0 Å². The topological polar surface area (TPSA) is 20.3 Å². The molecule has 0 radical (unpaired) electrons. The minimum Gasteiger partial charge on any atom is -0.326 e. The SMILES string of the molecule is O=C(c1c(Br)ccc(C(F)(F)F)c1F)N1CCCCC1C(F)(F)F. The highest BCUT2D eigenvalue weighted by Gasteiger charge is 2.47. The van der Waals surface area contributed by atoms with Crippen molar-refractivity contribution in [3.05, 3.63) is 33.5 Å². The van der Waals surface area contributed by atoms with E-state index in [-0.39, 0.29) is 30.3 Å². The van der Waals surface area contributed by atoms with Gasteiger partial charge in [-0.3, -0.25) is 4.79 Å². The summed E-state index contributed by atoms with van der Waals surface area (Å²) in [5, 5.41) is 0. The average molecular weight is 422 g/mol. The van der Waals surface area contributed by atoms with Crippen LogP contribution in [0.15, 0.2) is 16.6 Å². The highest BCUT2D eigenvalue weighted by molar-refractivity contribution is 9.10. The lowest BCUT2D eigenvalue weighted by Gasteiger charge is -2.37. The first-order valence-corrected chi connectivity index (χ1v) is 7.66. The van der Waals surface area contributed by atoms with E-state index in [9.17, 15) is 35.5 Å². The number of alkyl halides is 6. The van der Waals surface area contributed by atoms with Gasteiger partial charge in [-0.05, 0) is 47.3 Å². The summed E-state index contributed by atoms with van der Waals surface area (Å²) in [6.07, 6.45) is -9.68. The van der Waals surface area contributed by atoms with Crippen molar-refractivity contribution in [1.82, 2.24) is 4.90 Å². The first-order valence-electron chi connectivity index (χ1n) is 6.87. The zero-order valence-electron chi connectivity index (χ0n) is 11.9. The number of hydrogen-bond donors (Lipinski definition) is 0. The van der Waals surface area contributed by atoms with Gasteiger partial charge in [-0.25, -0.2) is 4.39 Å². The maximum Gasteiger partial charge on any atom is 0.419 e. The molecule has 1 aliphatic heterocycles. The van der Waals surface area contributed by atoms with Crippen LogP contribution in [0.3, 0.4) is 0 Å². The Hall–Kier alpha value is -1.32. The summed E-state index contributed by atoms with van der Waals surface area (Å²) < 4.78 is 91.3. The van der Waals surface area contributed by atoms with Crippen LogP contribution in [0.25, 0.3) is 0 Å². The lowest BCUT2D eigenvalue weighted by molar-refractivity contribution is -0.183. The van der Waals surface area contributed by atoms with Gasteiger partial charge in [0.05, 0.1) is 11.1 Å². The number of rotatable bonds is 1. The monoisotopic (exact) mass is 421 g/mol. The van der Waals surface area contributed by atoms with Gasteiger partial charge in [0.1, 0.15) is 11.9 Å². The number of hydrogen-bond acceptors (Lipinski definition) is 1. The van der Waals surface area contributed by atoms with E-state index >= 15 is 0 Å². The summed E-state index contributed by atoms with van der Waals surface area (Å²) in [5.41, 5.74) is -2.74. The second-order valence-corrected chi connectivity index (χ2v) is 6.19. The van der Waals surface area contributed by atoms with Crippen LogP contribution in [0.2, 0.25) is 0 Å². The van der Waals surface area contributed by atoms with Crippen molar-refractivity contribution in [3.63, 3.8) is 0 Å². The second-order valence-electron chi connectivity index (χ2n) is 5.33. The molecule has 0 N–H and O–H groups in total. The third-order valence-electron chi connectivity index (χ3n) is 3.75. The average Bonchev–Trinajstić information content (AvgIpc) is 2.44. The molecule has 0 saturated carbocycles. The predicted octanol–water partition coefficient (Wildman–Crippen LogP) is 5.16. The van der Waals surface area contributed by atoms with E-state index in [2.05, 4.69) is 15.9 Å². The largest absolute Gasteiger partial charge is 0.419 e. The molecule has 1 aromatic carbocycles. The Labute approximate surface area is 140 Å². The number of carbonyl (C=O) groups is 1. The van der Waals surface area contributed by atoms with Gasteiger partial charge >= 0.3 is 12.4 Å². The highest BCUT2D eigenvalue weighted by atomic mass is 79.9. The van der Waals surface area contributed by atoms with Crippen LogP contribution in [0, 0.1) is 5.82 Å². The maximum atomic E-state index is 14.2. The minimum atomic E-state index is -5.06. The summed E-state index contributed by atoms with van der Waals surface area (Å²) in [7, 11) is 0. The van der Waals surface area contributed by atoms with Crippen molar-refractivity contribution < 1.29 is 35.5 Å². The summed E-state index contributed by atoms with van der Waals surface area (Å²) in [6, 6.07) is -0.918. The van der Waals surface area contributed by atoms with Crippen LogP contribution >= 0.6 is 15.9 Å². The van der Waals surface area contributed by atoms with Crippen molar-refractivity contribution in [2.24, 2.45) is 0 Å². The number of amides is 1. The first-order chi connectivity index (χ1) is 10.9. The number of benzene rings is 1. The third-order valence-corrected chi connectivity index (χ3v) is 4.41. The summed E-state index contributed by atoms with van der Waals surface area (Å²) in [4.78, 5) is 12.8. The first kappa shape index (κ1) is 19.0. The Kier molecular flexibility index (Phi) is 5.17. The lowest BCUT2D eigenvalue weighted by Crippen LogP contribution is -2.51. The van der Waals surface area contributed by atoms with Crippen molar-refractivity contribution in [2.45, 2.75) is 37.7 Å². The molecule has 1 unspecified atom stereocenters. The normalized spacial score (nSPS) is 19.5. The van der Waals surface area contributed by atoms with Gasteiger partial charge in [-0.15, -0.1) is 0 Å². The van der Waals surface area contributed by atoms with Crippen LogP contribution in [-0.4, -0.2) is 29.6 Å². The molecular formula is C14H11BrF7NO. The van der Waals surface area contributed by atoms with E-state index in [4.69, 9.17) is 0 Å². The van der Waals surface area contributed by atoms with E-state index < -0.39 is 41.2 Å². The van der Waals surface area contributed by atoms with Gasteiger partial charge in [-0.1, -0.05) is 0 Å². The highest BCUT2D eigenvalue weighted by Crippen LogP contribution is 2.37. The molecule has 0 spiro atoms. The van der Waals surface area contributed by atoms with E-state index in [1.165, 1.54) is 0 Å². The summed E-state index contributed by atoms with van der Waals surface area (Å²) >= 11 is 2.75. The van der Waals surface area contributed by atoms with Crippen LogP contribution in [-0.2, 0) is 6.18 Å². The molecular weight excluding hydrogens is 411 g/mol. The molecule has 134 valence electrons. The molecule has 0 bridgehead atoms. The van der Waals surface area contributed by atoms with E-state index in [0.29, 0.717) is 11.0 Å². The fourth-order valence-corrected chi connectivity index (χ4v) is 3.10. The van der Waals surface area contributed by atoms with Gasteiger partial charge in [0.25, 0.3) is 5.91 Å². The number of piperidine rings is 1. The van der Waals surface area contributed by atoms with Crippen LogP contribution in [0.1, 0.15) is 35.2 Å². The third kappa shape index (κ3) is 3.68. The zero-order chi connectivity index (χ0) is 18.3. The molecule has 1 aliphatic rings. The standard InChI is InChI=1S/C14H11BrF7NO/c15-8-5-4-7(13(17,18)19)11(16)10(8)12(24)23-6-2-1-3-9(23)14(20,21)22/h4-5,9H,1-3,6H2. The minimum absolute atomic E-state index is 0.222. The number of likely N-dealkylation sites (tertiary alicyclic amines) is 1. The quantitative estimate of drug-likeness (QED) is 0.573. The molecule has 10 heteroatoms. The molecule has 1 atom stereocenters. The van der Waals surface area contributed by atoms with Gasteiger partial charge in [0.2, 0.25) is 0 Å². The van der Waals surface area contributed by atoms with Gasteiger partial charge in [0.15, 0.2) is 0 Å². The molecule has 24 heavy (non-hydrogen) atoms. The molecule has 0 aliphatic carbocycles. The fraction of sp³-hybridized carbons (Fsp3) is 0.500. The number of halogens is 8. The maximum absolute atomic E-state index is 14.2. The van der Waals surface area contributed by atoms with Crippen molar-refractivity contribution in [2.75, 3.05) is 6.54 Å². The zero-order valence-corrected chi connectivity index (χ0v) is 13.5. The van der Waals surface area contributed by atoms with Gasteiger partial charge in [-0.2, -0.15) is 26.3 Å². The molecule has 1 amide bonds. The second kappa shape index (κ2) is 6.53. The van der Waals surface area contributed by atoms with E-state index in [1.807, 2.05) is 0 Å². The fourth-order valence-electron chi connectivity index (χ4n) is 2.63. The van der Waals surface area contributed by atoms with Crippen molar-refractivity contribution in [1.29, 1.82) is 0 Å². The van der Waals surface area contributed by atoms with E-state index in [0.717, 1.165) is 6.07 Å². The molecule has 2 rings (SSSR count). The Morgan fingerprint density at radius 1 is 1.12 bits per heavy atom. The van der Waals surface area contributed by atoms with Crippen LogP contribution in [0.5, 0.6) is 0 Å². The van der Waals surface area contributed by atoms with Gasteiger partial charge in [0, 0.05) is 11.0 Å².